The van der Waals surface area contributed by atoms with Crippen LogP contribution in [0.1, 0.15) is 18.9 Å². The summed E-state index contributed by atoms with van der Waals surface area (Å²) in [4.78, 5) is 42.8. The van der Waals surface area contributed by atoms with Crippen molar-refractivity contribution in [2.24, 2.45) is 11.8 Å². The highest BCUT2D eigenvalue weighted by Crippen LogP contribution is 2.47. The van der Waals surface area contributed by atoms with Crippen LogP contribution in [0.15, 0.2) is 54.6 Å². The summed E-state index contributed by atoms with van der Waals surface area (Å²) in [5, 5.41) is 0. The molecule has 6 heteroatoms. The second kappa shape index (κ2) is 7.35. The molecule has 2 aromatic carbocycles. The second-order valence-corrected chi connectivity index (χ2v) is 7.59. The number of carbonyl (C=O) groups is 3. The van der Waals surface area contributed by atoms with Gasteiger partial charge in [-0.3, -0.25) is 9.59 Å². The Morgan fingerprint density at radius 3 is 2.14 bits per heavy atom. The number of carbonyl (C=O) groups excluding carboxylic acids is 3. The summed E-state index contributed by atoms with van der Waals surface area (Å²) in [6.07, 6.45) is 0.629. The molecule has 4 atom stereocenters. The molecule has 29 heavy (non-hydrogen) atoms. The number of esters is 1. The predicted octanol–water partition coefficient (Wildman–Crippen LogP) is 2.94. The Labute approximate surface area is 170 Å². The number of fused-ring (bicyclic) bond motifs is 1. The Hall–Kier alpha value is -3.15. The molecule has 2 aliphatic rings. The number of methoxy groups -OCH3 is 1. The third-order valence-electron chi connectivity index (χ3n) is 6.02. The maximum atomic E-state index is 13.4. The van der Waals surface area contributed by atoms with Gasteiger partial charge >= 0.3 is 5.97 Å². The van der Waals surface area contributed by atoms with Crippen molar-refractivity contribution in [1.82, 2.24) is 0 Å². The molecule has 0 N–H and O–H groups in total. The normalized spacial score (nSPS) is 26.0. The number of hydrogen-bond acceptors (Lipinski definition) is 5. The van der Waals surface area contributed by atoms with Gasteiger partial charge in [0.25, 0.3) is 0 Å². The fraction of sp³-hybridized carbons (Fsp3) is 0.348. The number of benzene rings is 2. The van der Waals surface area contributed by atoms with Crippen LogP contribution in [0.5, 0.6) is 0 Å². The second-order valence-electron chi connectivity index (χ2n) is 7.59. The Morgan fingerprint density at radius 2 is 1.55 bits per heavy atom. The molecule has 0 aromatic heterocycles. The molecule has 0 aliphatic carbocycles. The quantitative estimate of drug-likeness (QED) is 0.591. The Morgan fingerprint density at radius 1 is 0.931 bits per heavy atom. The maximum Gasteiger partial charge on any atom is 0.329 e. The molecule has 0 unspecified atom stereocenters. The molecule has 2 saturated heterocycles. The van der Waals surface area contributed by atoms with Crippen molar-refractivity contribution in [2.45, 2.75) is 32.4 Å². The topological polar surface area (TPSA) is 66.9 Å². The number of aryl methyl sites for hydroxylation is 1. The maximum absolute atomic E-state index is 13.4. The Balaban J connectivity index is 1.80. The van der Waals surface area contributed by atoms with Crippen molar-refractivity contribution < 1.29 is 19.1 Å². The van der Waals surface area contributed by atoms with Crippen molar-refractivity contribution in [2.75, 3.05) is 16.9 Å². The molecule has 0 saturated carbocycles. The van der Waals surface area contributed by atoms with Gasteiger partial charge in [-0.15, -0.1) is 0 Å². The van der Waals surface area contributed by atoms with E-state index in [0.717, 1.165) is 11.3 Å². The molecule has 2 amide bonds. The summed E-state index contributed by atoms with van der Waals surface area (Å²) in [7, 11) is 1.32. The van der Waals surface area contributed by atoms with Crippen LogP contribution in [0, 0.1) is 18.8 Å². The number of anilines is 2. The van der Waals surface area contributed by atoms with Crippen molar-refractivity contribution in [3.8, 4) is 0 Å². The Bertz CT molecular complexity index is 941. The molecule has 2 heterocycles. The molecule has 2 aliphatic heterocycles. The molecule has 2 aromatic rings. The summed E-state index contributed by atoms with van der Waals surface area (Å²) < 4.78 is 5.06. The molecular weight excluding hydrogens is 368 g/mol. The highest BCUT2D eigenvalue weighted by Gasteiger charge is 2.64. The molecule has 0 radical (unpaired) electrons. The number of nitrogens with zero attached hydrogens (tertiary/aromatic N) is 2. The third kappa shape index (κ3) is 2.90. The van der Waals surface area contributed by atoms with Crippen LogP contribution in [0.3, 0.4) is 0 Å². The van der Waals surface area contributed by atoms with Crippen LogP contribution in [0.4, 0.5) is 11.4 Å². The number of rotatable bonds is 4. The van der Waals surface area contributed by atoms with E-state index in [0.29, 0.717) is 12.1 Å². The summed E-state index contributed by atoms with van der Waals surface area (Å²) in [6.45, 7) is 3.92. The van der Waals surface area contributed by atoms with E-state index in [4.69, 9.17) is 4.74 Å². The predicted molar refractivity (Wildman–Crippen MR) is 109 cm³/mol. The van der Waals surface area contributed by atoms with E-state index in [-0.39, 0.29) is 17.9 Å². The van der Waals surface area contributed by atoms with Gasteiger partial charge in [-0.1, -0.05) is 42.8 Å². The largest absolute Gasteiger partial charge is 0.467 e. The van der Waals surface area contributed by atoms with E-state index in [1.807, 2.05) is 61.2 Å². The first-order valence-corrected chi connectivity index (χ1v) is 9.85. The number of hydrogen-bond donors (Lipinski definition) is 0. The first kappa shape index (κ1) is 19.2. The monoisotopic (exact) mass is 392 g/mol. The zero-order valence-corrected chi connectivity index (χ0v) is 16.7. The van der Waals surface area contributed by atoms with E-state index in [2.05, 4.69) is 0 Å². The van der Waals surface area contributed by atoms with Gasteiger partial charge in [-0.2, -0.15) is 0 Å². The van der Waals surface area contributed by atoms with Gasteiger partial charge in [-0.25, -0.2) is 9.69 Å². The lowest BCUT2D eigenvalue weighted by Gasteiger charge is -2.33. The summed E-state index contributed by atoms with van der Waals surface area (Å²) >= 11 is 0. The molecule has 150 valence electrons. The van der Waals surface area contributed by atoms with Gasteiger partial charge < -0.3 is 9.64 Å². The molecule has 6 nitrogen and oxygen atoms in total. The van der Waals surface area contributed by atoms with Crippen LogP contribution >= 0.6 is 0 Å². The fourth-order valence-corrected chi connectivity index (χ4v) is 4.73. The van der Waals surface area contributed by atoms with Crippen molar-refractivity contribution in [3.63, 3.8) is 0 Å². The average molecular weight is 392 g/mol. The number of imide groups is 1. The summed E-state index contributed by atoms with van der Waals surface area (Å²) in [6, 6.07) is 15.6. The zero-order valence-electron chi connectivity index (χ0n) is 16.7. The SMILES string of the molecule is CC[C@@H]1[C@@H]2C(=O)N(c3ccc(C)cc3)C(=O)[C@@H]2[C@@H](C(=O)OC)N1c1ccccc1. The van der Waals surface area contributed by atoms with Gasteiger partial charge in [-0.05, 0) is 37.6 Å². The van der Waals surface area contributed by atoms with Crippen LogP contribution in [-0.4, -0.2) is 37.0 Å². The van der Waals surface area contributed by atoms with E-state index in [9.17, 15) is 14.4 Å². The van der Waals surface area contributed by atoms with E-state index < -0.39 is 23.8 Å². The minimum Gasteiger partial charge on any atom is -0.467 e. The zero-order chi connectivity index (χ0) is 20.7. The van der Waals surface area contributed by atoms with Crippen LogP contribution in [0.2, 0.25) is 0 Å². The average Bonchev–Trinajstić information content (AvgIpc) is 3.22. The molecule has 2 fully saturated rings. The van der Waals surface area contributed by atoms with Crippen molar-refractivity contribution >= 4 is 29.2 Å². The number of amides is 2. The highest BCUT2D eigenvalue weighted by atomic mass is 16.5. The number of para-hydroxylation sites is 1. The molecule has 4 rings (SSSR count). The molecule has 0 spiro atoms. The molecular formula is C23H24N2O4. The van der Waals surface area contributed by atoms with Gasteiger partial charge in [0.1, 0.15) is 6.04 Å². The van der Waals surface area contributed by atoms with Crippen molar-refractivity contribution in [1.29, 1.82) is 0 Å². The lowest BCUT2D eigenvalue weighted by Crippen LogP contribution is -2.48. The minimum atomic E-state index is -0.829. The summed E-state index contributed by atoms with van der Waals surface area (Å²) in [5.74, 6) is -2.43. The lowest BCUT2D eigenvalue weighted by atomic mass is 9.88. The Kier molecular flexibility index (Phi) is 4.86. The van der Waals surface area contributed by atoms with Gasteiger partial charge in [0.15, 0.2) is 0 Å². The minimum absolute atomic E-state index is 0.247. The standard InChI is InChI=1S/C23H24N2O4/c1-4-17-18-19(20(23(28)29-3)24(17)15-8-6-5-7-9-15)22(27)25(21(18)26)16-12-10-14(2)11-13-16/h5-13,17-20H,4H2,1-3H3/t17-,18+,19+,20+/m1/s1. The first-order chi connectivity index (χ1) is 14.0. The van der Waals surface area contributed by atoms with Gasteiger partial charge in [0, 0.05) is 11.7 Å². The van der Waals surface area contributed by atoms with Crippen LogP contribution < -0.4 is 9.80 Å². The molecule has 0 bridgehead atoms. The number of ether oxygens (including phenoxy) is 1. The smallest absolute Gasteiger partial charge is 0.329 e. The van der Waals surface area contributed by atoms with E-state index in [1.165, 1.54) is 12.0 Å². The van der Waals surface area contributed by atoms with Gasteiger partial charge in [0.2, 0.25) is 11.8 Å². The first-order valence-electron chi connectivity index (χ1n) is 9.85. The van der Waals surface area contributed by atoms with Crippen molar-refractivity contribution in [3.05, 3.63) is 60.2 Å². The third-order valence-corrected chi connectivity index (χ3v) is 6.02. The van der Waals surface area contributed by atoms with Gasteiger partial charge in [0.05, 0.1) is 24.6 Å². The lowest BCUT2D eigenvalue weighted by molar-refractivity contribution is -0.144. The van der Waals surface area contributed by atoms with Crippen LogP contribution in [0.25, 0.3) is 0 Å². The summed E-state index contributed by atoms with van der Waals surface area (Å²) in [5.41, 5.74) is 2.40. The van der Waals surface area contributed by atoms with E-state index >= 15 is 0 Å². The van der Waals surface area contributed by atoms with Crippen LogP contribution in [-0.2, 0) is 19.1 Å². The van der Waals surface area contributed by atoms with E-state index in [1.54, 1.807) is 12.1 Å². The fourth-order valence-electron chi connectivity index (χ4n) is 4.73. The highest BCUT2D eigenvalue weighted by molar-refractivity contribution is 6.24.